The zero-order chi connectivity index (χ0) is 12.1. The fourth-order valence-corrected chi connectivity index (χ4v) is 2.53. The summed E-state index contributed by atoms with van der Waals surface area (Å²) in [6.45, 7) is 4.42. The second-order valence-corrected chi connectivity index (χ2v) is 5.20. The minimum absolute atomic E-state index is 0.127. The van der Waals surface area contributed by atoms with Crippen molar-refractivity contribution in [3.8, 4) is 0 Å². The van der Waals surface area contributed by atoms with Gasteiger partial charge in [-0.2, -0.15) is 0 Å². The van der Waals surface area contributed by atoms with Gasteiger partial charge in [0.2, 0.25) is 5.91 Å². The molecule has 98 valence electrons. The second kappa shape index (κ2) is 6.33. The highest BCUT2D eigenvalue weighted by Gasteiger charge is 2.19. The molecule has 5 heteroatoms. The average Bonchev–Trinajstić information content (AvgIpc) is 2.33. The molecule has 5 nitrogen and oxygen atoms in total. The molecule has 0 spiro atoms. The summed E-state index contributed by atoms with van der Waals surface area (Å²) in [5, 5.41) is 2.06. The van der Waals surface area contributed by atoms with E-state index in [-0.39, 0.29) is 5.91 Å². The van der Waals surface area contributed by atoms with E-state index in [1.165, 1.54) is 19.3 Å². The van der Waals surface area contributed by atoms with Gasteiger partial charge in [-0.1, -0.05) is 6.42 Å². The Balaban J connectivity index is 1.66. The third kappa shape index (κ3) is 4.26. The molecule has 2 fully saturated rings. The maximum Gasteiger partial charge on any atom is 0.248 e. The minimum Gasteiger partial charge on any atom is -0.328 e. The number of rotatable bonds is 3. The summed E-state index contributed by atoms with van der Waals surface area (Å²) in [5.74, 6) is 0.127. The third-order valence-corrected chi connectivity index (χ3v) is 3.64. The van der Waals surface area contributed by atoms with E-state index in [1.54, 1.807) is 0 Å². The highest BCUT2D eigenvalue weighted by Crippen LogP contribution is 2.08. The van der Waals surface area contributed by atoms with E-state index in [9.17, 15) is 4.79 Å². The summed E-state index contributed by atoms with van der Waals surface area (Å²) >= 11 is 0. The monoisotopic (exact) mass is 240 g/mol. The van der Waals surface area contributed by atoms with Crippen LogP contribution in [0.1, 0.15) is 32.1 Å². The van der Waals surface area contributed by atoms with Gasteiger partial charge in [0.15, 0.2) is 0 Å². The van der Waals surface area contributed by atoms with Crippen molar-refractivity contribution < 1.29 is 4.79 Å². The molecule has 0 aromatic rings. The Labute approximate surface area is 103 Å². The van der Waals surface area contributed by atoms with Crippen LogP contribution in [0.15, 0.2) is 0 Å². The molecule has 2 rings (SSSR count). The molecule has 0 aromatic heterocycles. The van der Waals surface area contributed by atoms with Gasteiger partial charge in [0.05, 0.1) is 6.54 Å². The van der Waals surface area contributed by atoms with Crippen LogP contribution in [0, 0.1) is 0 Å². The number of hydrazine groups is 1. The van der Waals surface area contributed by atoms with Crippen LogP contribution in [0.4, 0.5) is 0 Å². The van der Waals surface area contributed by atoms with Crippen LogP contribution in [0.3, 0.4) is 0 Å². The predicted octanol–water partition coefficient (Wildman–Crippen LogP) is -0.0734. The summed E-state index contributed by atoms with van der Waals surface area (Å²) in [6, 6.07) is 0.330. The van der Waals surface area contributed by atoms with E-state index in [0.717, 1.165) is 39.0 Å². The highest BCUT2D eigenvalue weighted by molar-refractivity contribution is 5.77. The summed E-state index contributed by atoms with van der Waals surface area (Å²) in [4.78, 5) is 14.0. The zero-order valence-corrected chi connectivity index (χ0v) is 10.5. The SMILES string of the molecule is NC1CCN(CC(=O)NN2CCCCC2)CC1. The average molecular weight is 240 g/mol. The number of hydrogen-bond acceptors (Lipinski definition) is 4. The van der Waals surface area contributed by atoms with Gasteiger partial charge in [0.1, 0.15) is 0 Å². The molecule has 0 bridgehead atoms. The maximum atomic E-state index is 11.8. The molecule has 0 unspecified atom stereocenters. The number of nitrogens with zero attached hydrogens (tertiary/aromatic N) is 2. The van der Waals surface area contributed by atoms with Gasteiger partial charge < -0.3 is 5.73 Å². The van der Waals surface area contributed by atoms with Crippen molar-refractivity contribution in [1.82, 2.24) is 15.3 Å². The van der Waals surface area contributed by atoms with E-state index in [2.05, 4.69) is 15.3 Å². The Kier molecular flexibility index (Phi) is 4.76. The molecule has 17 heavy (non-hydrogen) atoms. The van der Waals surface area contributed by atoms with Crippen LogP contribution in [0.25, 0.3) is 0 Å². The first-order chi connectivity index (χ1) is 8.24. The van der Waals surface area contributed by atoms with Gasteiger partial charge in [0, 0.05) is 32.2 Å². The summed E-state index contributed by atoms with van der Waals surface area (Å²) in [7, 11) is 0. The van der Waals surface area contributed by atoms with Gasteiger partial charge in [-0.3, -0.25) is 15.1 Å². The van der Waals surface area contributed by atoms with Crippen LogP contribution in [-0.4, -0.2) is 54.6 Å². The number of amides is 1. The largest absolute Gasteiger partial charge is 0.328 e. The normalized spacial score (nSPS) is 24.8. The Morgan fingerprint density at radius 3 is 2.41 bits per heavy atom. The maximum absolute atomic E-state index is 11.8. The summed E-state index contributed by atoms with van der Waals surface area (Å²) < 4.78 is 0. The zero-order valence-electron chi connectivity index (χ0n) is 10.5. The Morgan fingerprint density at radius 2 is 1.76 bits per heavy atom. The number of carbonyl (C=O) groups is 1. The first-order valence-electron chi connectivity index (χ1n) is 6.76. The topological polar surface area (TPSA) is 61.6 Å². The molecule has 2 aliphatic heterocycles. The van der Waals surface area contributed by atoms with Crippen molar-refractivity contribution in [2.24, 2.45) is 5.73 Å². The van der Waals surface area contributed by atoms with Crippen LogP contribution >= 0.6 is 0 Å². The predicted molar refractivity (Wildman–Crippen MR) is 67.2 cm³/mol. The van der Waals surface area contributed by atoms with Crippen LogP contribution < -0.4 is 11.2 Å². The van der Waals surface area contributed by atoms with Crippen molar-refractivity contribution in [3.63, 3.8) is 0 Å². The standard InChI is InChI=1S/C12H24N4O/c13-11-4-8-15(9-5-11)10-12(17)14-16-6-2-1-3-7-16/h11H,1-10,13H2,(H,14,17). The van der Waals surface area contributed by atoms with E-state index in [0.29, 0.717) is 12.6 Å². The van der Waals surface area contributed by atoms with Gasteiger partial charge in [-0.05, 0) is 25.7 Å². The van der Waals surface area contributed by atoms with Gasteiger partial charge in [-0.25, -0.2) is 5.01 Å². The Bertz CT molecular complexity index is 245. The molecular formula is C12H24N4O. The molecule has 0 atom stereocenters. The molecule has 0 saturated carbocycles. The lowest BCUT2D eigenvalue weighted by molar-refractivity contribution is -0.127. The Morgan fingerprint density at radius 1 is 1.12 bits per heavy atom. The molecule has 2 saturated heterocycles. The molecule has 2 aliphatic rings. The fraction of sp³-hybridized carbons (Fsp3) is 0.917. The number of nitrogens with two attached hydrogens (primary N) is 1. The molecule has 0 aliphatic carbocycles. The van der Waals surface area contributed by atoms with Crippen LogP contribution in [-0.2, 0) is 4.79 Å². The van der Waals surface area contributed by atoms with Crippen LogP contribution in [0.5, 0.6) is 0 Å². The van der Waals surface area contributed by atoms with Gasteiger partial charge >= 0.3 is 0 Å². The van der Waals surface area contributed by atoms with Crippen molar-refractivity contribution in [2.45, 2.75) is 38.1 Å². The molecule has 2 heterocycles. The number of likely N-dealkylation sites (tertiary alicyclic amines) is 1. The van der Waals surface area contributed by atoms with E-state index in [1.807, 2.05) is 0 Å². The smallest absolute Gasteiger partial charge is 0.248 e. The van der Waals surface area contributed by atoms with E-state index >= 15 is 0 Å². The summed E-state index contributed by atoms with van der Waals surface area (Å²) in [6.07, 6.45) is 5.70. The van der Waals surface area contributed by atoms with Crippen molar-refractivity contribution in [1.29, 1.82) is 0 Å². The number of carbonyl (C=O) groups excluding carboxylic acids is 1. The first kappa shape index (κ1) is 12.8. The number of piperidine rings is 2. The first-order valence-corrected chi connectivity index (χ1v) is 6.76. The number of nitrogens with one attached hydrogen (secondary N) is 1. The molecule has 0 aromatic carbocycles. The fourth-order valence-electron chi connectivity index (χ4n) is 2.53. The molecule has 0 radical (unpaired) electrons. The second-order valence-electron chi connectivity index (χ2n) is 5.20. The third-order valence-electron chi connectivity index (χ3n) is 3.64. The van der Waals surface area contributed by atoms with Crippen molar-refractivity contribution in [2.75, 3.05) is 32.7 Å². The van der Waals surface area contributed by atoms with Crippen LogP contribution in [0.2, 0.25) is 0 Å². The van der Waals surface area contributed by atoms with Crippen molar-refractivity contribution >= 4 is 5.91 Å². The van der Waals surface area contributed by atoms with Crippen molar-refractivity contribution in [3.05, 3.63) is 0 Å². The highest BCUT2D eigenvalue weighted by atomic mass is 16.2. The summed E-state index contributed by atoms with van der Waals surface area (Å²) in [5.41, 5.74) is 8.84. The lowest BCUT2D eigenvalue weighted by Crippen LogP contribution is -2.50. The molecular weight excluding hydrogens is 216 g/mol. The quantitative estimate of drug-likeness (QED) is 0.725. The van der Waals surface area contributed by atoms with Gasteiger partial charge in [0.25, 0.3) is 0 Å². The van der Waals surface area contributed by atoms with E-state index < -0.39 is 0 Å². The molecule has 3 N–H and O–H groups in total. The lowest BCUT2D eigenvalue weighted by atomic mass is 10.1. The Hall–Kier alpha value is -0.650. The lowest BCUT2D eigenvalue weighted by Gasteiger charge is -2.31. The molecule has 1 amide bonds. The number of hydrogen-bond donors (Lipinski definition) is 2. The van der Waals surface area contributed by atoms with Gasteiger partial charge in [-0.15, -0.1) is 0 Å². The minimum atomic E-state index is 0.127. The van der Waals surface area contributed by atoms with E-state index in [4.69, 9.17) is 5.73 Å².